The highest BCUT2D eigenvalue weighted by Crippen LogP contribution is 2.35. The van der Waals surface area contributed by atoms with Crippen molar-refractivity contribution in [2.75, 3.05) is 5.73 Å². The molecule has 2 aromatic rings. The minimum Gasteiger partial charge on any atom is -0.453 e. The molecule has 6 heteroatoms. The number of nitrogen functional groups attached to an aromatic ring is 1. The minimum absolute atomic E-state index is 0.330. The zero-order valence-electron chi connectivity index (χ0n) is 8.45. The van der Waals surface area contributed by atoms with E-state index in [0.717, 1.165) is 0 Å². The van der Waals surface area contributed by atoms with E-state index in [1.54, 1.807) is 18.2 Å². The quantitative estimate of drug-likeness (QED) is 0.890. The van der Waals surface area contributed by atoms with E-state index in [2.05, 4.69) is 4.98 Å². The lowest BCUT2D eigenvalue weighted by molar-refractivity contribution is 0.484. The molecule has 0 saturated carbocycles. The molecule has 2 rings (SSSR count). The Morgan fingerprint density at radius 3 is 2.41 bits per heavy atom. The zero-order chi connectivity index (χ0) is 12.4. The molecule has 0 bridgehead atoms. The van der Waals surface area contributed by atoms with Crippen LogP contribution in [0.25, 0.3) is 0 Å². The highest BCUT2D eigenvalue weighted by molar-refractivity contribution is 6.42. The van der Waals surface area contributed by atoms with Crippen LogP contribution in [0.1, 0.15) is 0 Å². The van der Waals surface area contributed by atoms with Gasteiger partial charge in [-0.25, -0.2) is 0 Å². The topological polar surface area (TPSA) is 48.1 Å². The smallest absolute Gasteiger partial charge is 0.172 e. The number of hydrogen-bond acceptors (Lipinski definition) is 3. The standard InChI is InChI=1S/C11H7Cl3N2O/c12-7-2-1-6(3-8(7)13)17-11-9(14)4-16-5-10(11)15/h1-5H,15H2. The van der Waals surface area contributed by atoms with Gasteiger partial charge in [-0.3, -0.25) is 4.98 Å². The van der Waals surface area contributed by atoms with E-state index in [9.17, 15) is 0 Å². The molecule has 0 unspecified atom stereocenters. The molecule has 0 fully saturated rings. The van der Waals surface area contributed by atoms with Crippen LogP contribution in [-0.4, -0.2) is 4.98 Å². The van der Waals surface area contributed by atoms with Gasteiger partial charge in [-0.15, -0.1) is 0 Å². The molecule has 1 heterocycles. The van der Waals surface area contributed by atoms with Crippen LogP contribution in [0, 0.1) is 0 Å². The summed E-state index contributed by atoms with van der Waals surface area (Å²) in [4.78, 5) is 3.83. The minimum atomic E-state index is 0.330. The Bertz CT molecular complexity index is 540. The third-order valence-corrected chi connectivity index (χ3v) is 3.00. The van der Waals surface area contributed by atoms with E-state index in [4.69, 9.17) is 45.3 Å². The molecule has 17 heavy (non-hydrogen) atoms. The van der Waals surface area contributed by atoms with Crippen LogP contribution in [0.2, 0.25) is 15.1 Å². The fourth-order valence-electron chi connectivity index (χ4n) is 1.20. The van der Waals surface area contributed by atoms with Gasteiger partial charge in [0.1, 0.15) is 10.8 Å². The van der Waals surface area contributed by atoms with Crippen molar-refractivity contribution < 1.29 is 4.74 Å². The summed E-state index contributed by atoms with van der Waals surface area (Å²) in [6.07, 6.45) is 2.91. The highest BCUT2D eigenvalue weighted by atomic mass is 35.5. The molecule has 0 aliphatic heterocycles. The molecule has 0 atom stereocenters. The first-order valence-electron chi connectivity index (χ1n) is 4.60. The number of halogens is 3. The molecule has 0 amide bonds. The van der Waals surface area contributed by atoms with Crippen molar-refractivity contribution in [1.29, 1.82) is 0 Å². The first-order valence-corrected chi connectivity index (χ1v) is 5.73. The van der Waals surface area contributed by atoms with E-state index in [-0.39, 0.29) is 0 Å². The number of anilines is 1. The summed E-state index contributed by atoms with van der Waals surface area (Å²) < 4.78 is 5.54. The van der Waals surface area contributed by atoms with E-state index >= 15 is 0 Å². The van der Waals surface area contributed by atoms with Gasteiger partial charge in [0, 0.05) is 12.3 Å². The van der Waals surface area contributed by atoms with Crippen molar-refractivity contribution in [3.8, 4) is 11.5 Å². The Labute approximate surface area is 113 Å². The third-order valence-electron chi connectivity index (χ3n) is 1.99. The predicted molar refractivity (Wildman–Crippen MR) is 70.2 cm³/mol. The third kappa shape index (κ3) is 2.75. The summed E-state index contributed by atoms with van der Waals surface area (Å²) in [7, 11) is 0. The van der Waals surface area contributed by atoms with Crippen LogP contribution < -0.4 is 10.5 Å². The summed E-state index contributed by atoms with van der Waals surface area (Å²) in [5, 5.41) is 1.18. The first-order chi connectivity index (χ1) is 8.08. The average Bonchev–Trinajstić information content (AvgIpc) is 2.28. The molecule has 2 N–H and O–H groups in total. The van der Waals surface area contributed by atoms with Gasteiger partial charge < -0.3 is 10.5 Å². The predicted octanol–water partition coefficient (Wildman–Crippen LogP) is 4.42. The fourth-order valence-corrected chi connectivity index (χ4v) is 1.70. The summed E-state index contributed by atoms with van der Waals surface area (Å²) in [5.74, 6) is 0.847. The van der Waals surface area contributed by atoms with Gasteiger partial charge >= 0.3 is 0 Å². The van der Waals surface area contributed by atoms with E-state index < -0.39 is 0 Å². The van der Waals surface area contributed by atoms with E-state index in [1.807, 2.05) is 0 Å². The number of nitrogens with zero attached hydrogens (tertiary/aromatic N) is 1. The maximum absolute atomic E-state index is 5.92. The largest absolute Gasteiger partial charge is 0.453 e. The van der Waals surface area contributed by atoms with Crippen LogP contribution in [-0.2, 0) is 0 Å². The molecule has 0 aliphatic carbocycles. The van der Waals surface area contributed by atoms with E-state index in [1.165, 1.54) is 12.4 Å². The average molecular weight is 290 g/mol. The number of aromatic nitrogens is 1. The monoisotopic (exact) mass is 288 g/mol. The van der Waals surface area contributed by atoms with Gasteiger partial charge in [-0.2, -0.15) is 0 Å². The summed E-state index contributed by atoms with van der Waals surface area (Å²) in [6.45, 7) is 0. The van der Waals surface area contributed by atoms with Gasteiger partial charge in [0.05, 0.1) is 21.9 Å². The van der Waals surface area contributed by atoms with Crippen molar-refractivity contribution in [3.05, 3.63) is 45.7 Å². The second-order valence-corrected chi connectivity index (χ2v) is 4.44. The summed E-state index contributed by atoms with van der Waals surface area (Å²) in [6, 6.07) is 4.88. The summed E-state index contributed by atoms with van der Waals surface area (Å²) >= 11 is 17.6. The van der Waals surface area contributed by atoms with Crippen molar-refractivity contribution >= 4 is 40.5 Å². The van der Waals surface area contributed by atoms with Crippen LogP contribution in [0.4, 0.5) is 5.69 Å². The number of ether oxygens (including phenoxy) is 1. The molecule has 1 aromatic heterocycles. The van der Waals surface area contributed by atoms with Crippen LogP contribution in [0.15, 0.2) is 30.6 Å². The maximum Gasteiger partial charge on any atom is 0.172 e. The molecule has 0 aliphatic rings. The van der Waals surface area contributed by atoms with Crippen molar-refractivity contribution in [2.24, 2.45) is 0 Å². The molecular formula is C11H7Cl3N2O. The number of nitrogens with two attached hydrogens (primary N) is 1. The lowest BCUT2D eigenvalue weighted by Crippen LogP contribution is -1.94. The molecule has 0 radical (unpaired) electrons. The van der Waals surface area contributed by atoms with Gasteiger partial charge in [0.2, 0.25) is 0 Å². The zero-order valence-corrected chi connectivity index (χ0v) is 10.7. The molecule has 3 nitrogen and oxygen atoms in total. The molecule has 1 aromatic carbocycles. The Balaban J connectivity index is 2.35. The normalized spacial score (nSPS) is 10.3. The van der Waals surface area contributed by atoms with Gasteiger partial charge in [0.15, 0.2) is 5.75 Å². The molecule has 0 spiro atoms. The Kier molecular flexibility index (Phi) is 3.62. The Morgan fingerprint density at radius 1 is 1.00 bits per heavy atom. The number of pyridine rings is 1. The second-order valence-electron chi connectivity index (χ2n) is 3.22. The number of benzene rings is 1. The molecule has 88 valence electrons. The SMILES string of the molecule is Nc1cncc(Cl)c1Oc1ccc(Cl)c(Cl)c1. The number of hydrogen-bond donors (Lipinski definition) is 1. The van der Waals surface area contributed by atoms with Gasteiger partial charge in [-0.05, 0) is 12.1 Å². The first kappa shape index (κ1) is 12.3. The van der Waals surface area contributed by atoms with Gasteiger partial charge in [-0.1, -0.05) is 34.8 Å². The van der Waals surface area contributed by atoms with Crippen molar-refractivity contribution in [1.82, 2.24) is 4.98 Å². The van der Waals surface area contributed by atoms with Crippen LogP contribution in [0.5, 0.6) is 11.5 Å². The van der Waals surface area contributed by atoms with Crippen molar-refractivity contribution in [2.45, 2.75) is 0 Å². The van der Waals surface area contributed by atoms with Crippen LogP contribution >= 0.6 is 34.8 Å². The second kappa shape index (κ2) is 5.00. The summed E-state index contributed by atoms with van der Waals surface area (Å²) in [5.41, 5.74) is 6.06. The Hall–Kier alpha value is -1.16. The Morgan fingerprint density at radius 2 is 1.76 bits per heavy atom. The lowest BCUT2D eigenvalue weighted by Gasteiger charge is -2.10. The fraction of sp³-hybridized carbons (Fsp3) is 0. The van der Waals surface area contributed by atoms with Crippen molar-refractivity contribution in [3.63, 3.8) is 0 Å². The highest BCUT2D eigenvalue weighted by Gasteiger charge is 2.09. The lowest BCUT2D eigenvalue weighted by atomic mass is 10.3. The van der Waals surface area contributed by atoms with Crippen LogP contribution in [0.3, 0.4) is 0 Å². The van der Waals surface area contributed by atoms with Gasteiger partial charge in [0.25, 0.3) is 0 Å². The maximum atomic E-state index is 5.92. The van der Waals surface area contributed by atoms with E-state index in [0.29, 0.717) is 32.3 Å². The molecular weight excluding hydrogens is 282 g/mol. The number of rotatable bonds is 2. The molecule has 0 saturated heterocycles.